The van der Waals surface area contributed by atoms with E-state index in [1.54, 1.807) is 36.9 Å². The van der Waals surface area contributed by atoms with E-state index in [-0.39, 0.29) is 5.56 Å². The molecule has 0 aromatic carbocycles. The maximum Gasteiger partial charge on any atom is 0.336 e. The Hall–Kier alpha value is -2.76. The van der Waals surface area contributed by atoms with Crippen molar-refractivity contribution in [1.29, 1.82) is 0 Å². The number of carbonyl (C=O) groups is 1. The van der Waals surface area contributed by atoms with Crippen molar-refractivity contribution in [3.8, 4) is 5.82 Å². The van der Waals surface area contributed by atoms with Gasteiger partial charge in [0.25, 0.3) is 0 Å². The first-order valence-corrected chi connectivity index (χ1v) is 6.09. The number of hydrogen-bond donors (Lipinski definition) is 1. The van der Waals surface area contributed by atoms with Crippen LogP contribution in [0.15, 0.2) is 30.5 Å². The number of aromatic carboxylic acids is 1. The molecule has 1 N–H and O–H groups in total. The summed E-state index contributed by atoms with van der Waals surface area (Å²) in [7, 11) is 0. The van der Waals surface area contributed by atoms with Crippen molar-refractivity contribution in [3.63, 3.8) is 0 Å². The summed E-state index contributed by atoms with van der Waals surface area (Å²) in [5, 5.41) is 14.3. The molecule has 100 valence electrons. The van der Waals surface area contributed by atoms with Crippen molar-refractivity contribution >= 4 is 17.0 Å². The van der Waals surface area contributed by atoms with E-state index in [0.717, 1.165) is 0 Å². The van der Waals surface area contributed by atoms with Gasteiger partial charge in [-0.25, -0.2) is 14.8 Å². The molecular weight excluding hydrogens is 256 g/mol. The second-order valence-corrected chi connectivity index (χ2v) is 4.50. The van der Waals surface area contributed by atoms with Crippen LogP contribution in [0.2, 0.25) is 0 Å². The van der Waals surface area contributed by atoms with Crippen molar-refractivity contribution in [2.24, 2.45) is 0 Å². The molecule has 0 atom stereocenters. The van der Waals surface area contributed by atoms with Crippen molar-refractivity contribution in [3.05, 3.63) is 47.4 Å². The van der Waals surface area contributed by atoms with E-state index in [0.29, 0.717) is 28.2 Å². The van der Waals surface area contributed by atoms with Crippen molar-refractivity contribution in [2.75, 3.05) is 0 Å². The maximum absolute atomic E-state index is 11.4. The fraction of sp³-hybridized carbons (Fsp3) is 0.143. The molecule has 0 spiro atoms. The van der Waals surface area contributed by atoms with Gasteiger partial charge in [0.15, 0.2) is 11.5 Å². The van der Waals surface area contributed by atoms with Gasteiger partial charge in [-0.3, -0.25) is 0 Å². The highest BCUT2D eigenvalue weighted by molar-refractivity contribution is 6.03. The molecule has 0 aliphatic heterocycles. The lowest BCUT2D eigenvalue weighted by molar-refractivity contribution is 0.0698. The number of nitrogens with zero attached hydrogens (tertiary/aromatic N) is 4. The molecule has 0 amide bonds. The van der Waals surface area contributed by atoms with Gasteiger partial charge in [-0.05, 0) is 32.0 Å². The monoisotopic (exact) mass is 268 g/mol. The van der Waals surface area contributed by atoms with Crippen LogP contribution in [0.5, 0.6) is 0 Å². The number of rotatable bonds is 2. The smallest absolute Gasteiger partial charge is 0.336 e. The molecule has 3 rings (SSSR count). The fourth-order valence-corrected chi connectivity index (χ4v) is 2.22. The molecule has 0 fully saturated rings. The Morgan fingerprint density at radius 2 is 2.10 bits per heavy atom. The Bertz CT molecular complexity index is 809. The average molecular weight is 268 g/mol. The third-order valence-corrected chi connectivity index (χ3v) is 3.04. The molecule has 0 radical (unpaired) electrons. The van der Waals surface area contributed by atoms with E-state index in [4.69, 9.17) is 0 Å². The van der Waals surface area contributed by atoms with E-state index in [1.165, 1.54) is 0 Å². The lowest BCUT2D eigenvalue weighted by Crippen LogP contribution is -2.03. The topological polar surface area (TPSA) is 80.9 Å². The maximum atomic E-state index is 11.4. The number of carboxylic acid groups (broad SMARTS) is 1. The lowest BCUT2D eigenvalue weighted by Gasteiger charge is -2.03. The molecule has 3 aromatic heterocycles. The minimum absolute atomic E-state index is 0.215. The first-order valence-electron chi connectivity index (χ1n) is 6.09. The summed E-state index contributed by atoms with van der Waals surface area (Å²) in [6.07, 6.45) is 1.66. The Balaban J connectivity index is 2.40. The van der Waals surface area contributed by atoms with Gasteiger partial charge in [0.05, 0.1) is 16.6 Å². The van der Waals surface area contributed by atoms with Crippen LogP contribution in [0.4, 0.5) is 0 Å². The van der Waals surface area contributed by atoms with Gasteiger partial charge in [0, 0.05) is 11.9 Å². The Labute approximate surface area is 114 Å². The molecule has 6 heteroatoms. The molecular formula is C14H12N4O2. The van der Waals surface area contributed by atoms with Crippen molar-refractivity contribution in [1.82, 2.24) is 19.7 Å². The Kier molecular flexibility index (Phi) is 2.71. The van der Waals surface area contributed by atoms with Gasteiger partial charge in [0.2, 0.25) is 0 Å². The summed E-state index contributed by atoms with van der Waals surface area (Å²) in [6, 6.07) is 7.01. The van der Waals surface area contributed by atoms with E-state index in [9.17, 15) is 9.90 Å². The highest BCUT2D eigenvalue weighted by Gasteiger charge is 2.19. The minimum Gasteiger partial charge on any atom is -0.478 e. The second-order valence-electron chi connectivity index (χ2n) is 4.50. The molecule has 3 aromatic rings. The number of fused-ring (bicyclic) bond motifs is 1. The van der Waals surface area contributed by atoms with E-state index in [2.05, 4.69) is 15.1 Å². The average Bonchev–Trinajstić information content (AvgIpc) is 2.76. The van der Waals surface area contributed by atoms with Crippen LogP contribution < -0.4 is 0 Å². The predicted molar refractivity (Wildman–Crippen MR) is 73.1 cm³/mol. The molecule has 0 unspecified atom stereocenters. The van der Waals surface area contributed by atoms with Crippen LogP contribution in [0.3, 0.4) is 0 Å². The van der Waals surface area contributed by atoms with Gasteiger partial charge in [-0.2, -0.15) is 9.78 Å². The number of pyridine rings is 2. The van der Waals surface area contributed by atoms with Gasteiger partial charge in [0.1, 0.15) is 0 Å². The first-order chi connectivity index (χ1) is 9.58. The SMILES string of the molecule is Cc1cc(C(=O)O)c2c(C)nn(-c3ccccn3)c2n1. The summed E-state index contributed by atoms with van der Waals surface area (Å²) in [5.74, 6) is -0.371. The fourth-order valence-electron chi connectivity index (χ4n) is 2.22. The molecule has 20 heavy (non-hydrogen) atoms. The summed E-state index contributed by atoms with van der Waals surface area (Å²) >= 11 is 0. The second kappa shape index (κ2) is 4.41. The molecule has 3 heterocycles. The number of hydrogen-bond acceptors (Lipinski definition) is 4. The zero-order chi connectivity index (χ0) is 14.3. The van der Waals surface area contributed by atoms with E-state index >= 15 is 0 Å². The molecule has 0 aliphatic rings. The van der Waals surface area contributed by atoms with Gasteiger partial charge >= 0.3 is 5.97 Å². The quantitative estimate of drug-likeness (QED) is 0.770. The highest BCUT2D eigenvalue weighted by atomic mass is 16.4. The van der Waals surface area contributed by atoms with Crippen molar-refractivity contribution < 1.29 is 9.90 Å². The molecule has 0 saturated heterocycles. The van der Waals surface area contributed by atoms with Crippen LogP contribution in [0, 0.1) is 13.8 Å². The zero-order valence-electron chi connectivity index (χ0n) is 11.0. The van der Waals surface area contributed by atoms with Crippen LogP contribution >= 0.6 is 0 Å². The predicted octanol–water partition coefficient (Wildman–Crippen LogP) is 2.13. The summed E-state index contributed by atoms with van der Waals surface area (Å²) in [5.41, 5.74) is 1.98. The van der Waals surface area contributed by atoms with E-state index < -0.39 is 5.97 Å². The van der Waals surface area contributed by atoms with Crippen LogP contribution in [-0.2, 0) is 0 Å². The van der Waals surface area contributed by atoms with Crippen LogP contribution in [0.1, 0.15) is 21.7 Å². The van der Waals surface area contributed by atoms with Crippen LogP contribution in [0.25, 0.3) is 16.9 Å². The van der Waals surface area contributed by atoms with Crippen molar-refractivity contribution in [2.45, 2.75) is 13.8 Å². The highest BCUT2D eigenvalue weighted by Crippen LogP contribution is 2.24. The Morgan fingerprint density at radius 3 is 2.75 bits per heavy atom. The minimum atomic E-state index is -0.982. The first kappa shape index (κ1) is 12.3. The molecule has 0 aliphatic carbocycles. The summed E-state index contributed by atoms with van der Waals surface area (Å²) < 4.78 is 1.57. The number of carboxylic acids is 1. The standard InChI is InChI=1S/C14H12N4O2/c1-8-7-10(14(19)20)12-9(2)17-18(13(12)16-8)11-5-3-4-6-15-11/h3-7H,1-2H3,(H,19,20). The summed E-state index contributed by atoms with van der Waals surface area (Å²) in [6.45, 7) is 3.53. The number of aromatic nitrogens is 4. The molecule has 6 nitrogen and oxygen atoms in total. The van der Waals surface area contributed by atoms with Gasteiger partial charge in [-0.1, -0.05) is 6.07 Å². The van der Waals surface area contributed by atoms with Gasteiger partial charge < -0.3 is 5.11 Å². The van der Waals surface area contributed by atoms with Gasteiger partial charge in [-0.15, -0.1) is 0 Å². The van der Waals surface area contributed by atoms with Crippen LogP contribution in [-0.4, -0.2) is 30.8 Å². The third kappa shape index (κ3) is 1.82. The summed E-state index contributed by atoms with van der Waals surface area (Å²) in [4.78, 5) is 20.0. The third-order valence-electron chi connectivity index (χ3n) is 3.04. The normalized spacial score (nSPS) is 10.9. The molecule has 0 saturated carbocycles. The van der Waals surface area contributed by atoms with E-state index in [1.807, 2.05) is 12.1 Å². The largest absolute Gasteiger partial charge is 0.478 e. The lowest BCUT2D eigenvalue weighted by atomic mass is 10.1. The zero-order valence-corrected chi connectivity index (χ0v) is 11.0. The molecule has 0 bridgehead atoms. The Morgan fingerprint density at radius 1 is 1.30 bits per heavy atom. The number of aryl methyl sites for hydroxylation is 2.